The van der Waals surface area contributed by atoms with E-state index in [0.717, 1.165) is 11.3 Å². The number of aliphatic hydroxyl groups is 1. The van der Waals surface area contributed by atoms with Crippen LogP contribution in [0.15, 0.2) is 91.0 Å². The number of carbonyl (C=O) groups is 1. The number of carbonyl (C=O) groups excluding carboxylic acids is 1. The molecule has 0 saturated carbocycles. The summed E-state index contributed by atoms with van der Waals surface area (Å²) in [5.41, 5.74) is 9.41. The SMILES string of the molecule is CC(=O)/C=C(/C)O.[Ir].[c-]1nccc2c1-c1ncccc1C21c2ccccc2-c2ccccc21. The van der Waals surface area contributed by atoms with Crippen molar-refractivity contribution in [2.24, 2.45) is 0 Å². The number of allylic oxidation sites excluding steroid dienone is 2. The van der Waals surface area contributed by atoms with Crippen molar-refractivity contribution in [3.63, 3.8) is 0 Å². The quantitative estimate of drug-likeness (QED) is 0.149. The van der Waals surface area contributed by atoms with Crippen LogP contribution in [-0.2, 0) is 30.3 Å². The summed E-state index contributed by atoms with van der Waals surface area (Å²) in [6, 6.07) is 23.8. The van der Waals surface area contributed by atoms with E-state index in [9.17, 15) is 4.79 Å². The third-order valence-corrected chi connectivity index (χ3v) is 5.98. The minimum Gasteiger partial charge on any atom is -0.512 e. The second-order valence-corrected chi connectivity index (χ2v) is 7.98. The fourth-order valence-electron chi connectivity index (χ4n) is 5.01. The number of hydrogen-bond acceptors (Lipinski definition) is 4. The van der Waals surface area contributed by atoms with Gasteiger partial charge in [-0.1, -0.05) is 66.4 Å². The van der Waals surface area contributed by atoms with Gasteiger partial charge in [-0.3, -0.25) is 4.79 Å². The normalized spacial score (nSPS) is 13.6. The molecule has 0 atom stereocenters. The summed E-state index contributed by atoms with van der Waals surface area (Å²) in [4.78, 5) is 19.0. The average molecular weight is 610 g/mol. The van der Waals surface area contributed by atoms with Crippen molar-refractivity contribution in [3.8, 4) is 22.4 Å². The Labute approximate surface area is 206 Å². The maximum absolute atomic E-state index is 10.0. The van der Waals surface area contributed by atoms with Crippen LogP contribution in [0.2, 0.25) is 0 Å². The largest absolute Gasteiger partial charge is 0.512 e. The number of rotatable bonds is 1. The molecule has 1 spiro atoms. The molecule has 165 valence electrons. The van der Waals surface area contributed by atoms with Crippen molar-refractivity contribution in [3.05, 3.63) is 119 Å². The molecule has 4 nitrogen and oxygen atoms in total. The molecule has 1 N–H and O–H groups in total. The van der Waals surface area contributed by atoms with E-state index in [1.165, 1.54) is 53.3 Å². The maximum atomic E-state index is 10.0. The second kappa shape index (κ2) is 8.86. The molecule has 2 aromatic carbocycles. The first-order valence-corrected chi connectivity index (χ1v) is 10.5. The Balaban J connectivity index is 0.000000287. The van der Waals surface area contributed by atoms with Gasteiger partial charge in [-0.2, -0.15) is 0 Å². The summed E-state index contributed by atoms with van der Waals surface area (Å²) in [5, 5.41) is 8.36. The van der Waals surface area contributed by atoms with E-state index >= 15 is 0 Å². The van der Waals surface area contributed by atoms with E-state index < -0.39 is 0 Å². The van der Waals surface area contributed by atoms with Crippen LogP contribution in [0, 0.1) is 6.20 Å². The molecule has 6 rings (SSSR count). The van der Waals surface area contributed by atoms with Crippen molar-refractivity contribution >= 4 is 5.78 Å². The molecule has 0 amide bonds. The van der Waals surface area contributed by atoms with Crippen LogP contribution in [-0.4, -0.2) is 20.9 Å². The molecule has 4 aromatic rings. The van der Waals surface area contributed by atoms with Crippen LogP contribution in [0.25, 0.3) is 22.4 Å². The summed E-state index contributed by atoms with van der Waals surface area (Å²) >= 11 is 0. The zero-order valence-electron chi connectivity index (χ0n) is 18.2. The molecule has 5 heteroatoms. The molecule has 1 radical (unpaired) electrons. The molecular formula is C28H21IrN2O2-. The molecule has 0 bridgehead atoms. The first-order chi connectivity index (χ1) is 15.5. The minimum absolute atomic E-state index is 0. The van der Waals surface area contributed by atoms with Crippen LogP contribution in [0.3, 0.4) is 0 Å². The summed E-state index contributed by atoms with van der Waals surface area (Å²) in [5.74, 6) is -0.0625. The Morgan fingerprint density at radius 3 is 2.03 bits per heavy atom. The number of benzene rings is 2. The van der Waals surface area contributed by atoms with Crippen LogP contribution < -0.4 is 0 Å². The number of fused-ring (bicyclic) bond motifs is 10. The molecule has 0 aliphatic heterocycles. The summed E-state index contributed by atoms with van der Waals surface area (Å²) < 4.78 is 0. The molecule has 0 fully saturated rings. The monoisotopic (exact) mass is 610 g/mol. The van der Waals surface area contributed by atoms with E-state index in [4.69, 9.17) is 10.1 Å². The molecular weight excluding hydrogens is 589 g/mol. The number of nitrogens with zero attached hydrogens (tertiary/aromatic N) is 2. The number of ketones is 1. The van der Waals surface area contributed by atoms with Crippen molar-refractivity contribution < 1.29 is 30.0 Å². The van der Waals surface area contributed by atoms with Crippen LogP contribution >= 0.6 is 0 Å². The van der Waals surface area contributed by atoms with Gasteiger partial charge in [0.05, 0.1) is 5.76 Å². The van der Waals surface area contributed by atoms with Crippen LogP contribution in [0.5, 0.6) is 0 Å². The van der Waals surface area contributed by atoms with Crippen LogP contribution in [0.4, 0.5) is 0 Å². The standard InChI is InChI=1S/C23H13N2.C5H8O2.Ir/c1-3-8-18-15(6-1)16-7-2-4-9-19(16)23(18)20-11-13-24-14-17(20)22-21(23)10-5-12-25-22;1-4(6)3-5(2)7;/h1-13H;3,6H,1-2H3;/q-1;;/b;4-3-;. The van der Waals surface area contributed by atoms with Gasteiger partial charge >= 0.3 is 0 Å². The van der Waals surface area contributed by atoms with Gasteiger partial charge in [0.15, 0.2) is 5.78 Å². The van der Waals surface area contributed by atoms with E-state index in [0.29, 0.717) is 0 Å². The summed E-state index contributed by atoms with van der Waals surface area (Å²) in [6.45, 7) is 2.85. The van der Waals surface area contributed by atoms with Gasteiger partial charge < -0.3 is 15.1 Å². The molecule has 33 heavy (non-hydrogen) atoms. The second-order valence-electron chi connectivity index (χ2n) is 7.98. The van der Waals surface area contributed by atoms with Crippen molar-refractivity contribution in [1.29, 1.82) is 0 Å². The average Bonchev–Trinajstić information content (AvgIpc) is 3.26. The third kappa shape index (κ3) is 3.45. The Morgan fingerprint density at radius 2 is 1.45 bits per heavy atom. The fourth-order valence-corrected chi connectivity index (χ4v) is 5.01. The Hall–Kier alpha value is -3.40. The topological polar surface area (TPSA) is 63.1 Å². The van der Waals surface area contributed by atoms with Gasteiger partial charge in [0.2, 0.25) is 0 Å². The van der Waals surface area contributed by atoms with Gasteiger partial charge in [0.25, 0.3) is 0 Å². The fraction of sp³-hybridized carbons (Fsp3) is 0.107. The van der Waals surface area contributed by atoms with E-state index in [1.807, 2.05) is 18.5 Å². The van der Waals surface area contributed by atoms with E-state index in [-0.39, 0.29) is 37.1 Å². The molecule has 2 aromatic heterocycles. The van der Waals surface area contributed by atoms with Gasteiger partial charge in [0, 0.05) is 37.8 Å². The number of hydrogen-bond donors (Lipinski definition) is 1. The molecule has 0 unspecified atom stereocenters. The zero-order chi connectivity index (χ0) is 22.3. The van der Waals surface area contributed by atoms with Crippen molar-refractivity contribution in [1.82, 2.24) is 9.97 Å². The zero-order valence-corrected chi connectivity index (χ0v) is 20.6. The summed E-state index contributed by atoms with van der Waals surface area (Å²) in [6.07, 6.45) is 8.07. The molecule has 2 aliphatic carbocycles. The molecule has 0 saturated heterocycles. The predicted molar refractivity (Wildman–Crippen MR) is 124 cm³/mol. The van der Waals surface area contributed by atoms with Crippen molar-refractivity contribution in [2.75, 3.05) is 0 Å². The Bertz CT molecular complexity index is 1200. The first-order valence-electron chi connectivity index (χ1n) is 10.5. The number of aliphatic hydroxyl groups excluding tert-OH is 1. The molecule has 2 aliphatic rings. The Morgan fingerprint density at radius 1 is 0.848 bits per heavy atom. The smallest absolute Gasteiger partial charge is 0.155 e. The predicted octanol–water partition coefficient (Wildman–Crippen LogP) is 5.65. The van der Waals surface area contributed by atoms with Crippen molar-refractivity contribution in [2.45, 2.75) is 19.3 Å². The molecule has 2 heterocycles. The number of aromatic nitrogens is 2. The summed E-state index contributed by atoms with van der Waals surface area (Å²) in [7, 11) is 0. The van der Waals surface area contributed by atoms with Crippen LogP contribution in [0.1, 0.15) is 36.1 Å². The maximum Gasteiger partial charge on any atom is 0.155 e. The van der Waals surface area contributed by atoms with Gasteiger partial charge in [0.1, 0.15) is 0 Å². The van der Waals surface area contributed by atoms with Gasteiger partial charge in [-0.25, -0.2) is 0 Å². The third-order valence-electron chi connectivity index (χ3n) is 5.98. The van der Waals surface area contributed by atoms with Gasteiger partial charge in [-0.15, -0.1) is 17.2 Å². The minimum atomic E-state index is -0.314. The Kier molecular flexibility index (Phi) is 6.11. The van der Waals surface area contributed by atoms with Gasteiger partial charge in [-0.05, 0) is 54.1 Å². The van der Waals surface area contributed by atoms with E-state index in [1.54, 1.807) is 0 Å². The first kappa shape index (κ1) is 22.8. The van der Waals surface area contributed by atoms with E-state index in [2.05, 4.69) is 71.8 Å². The number of pyridine rings is 2.